The van der Waals surface area contributed by atoms with Crippen LogP contribution in [-0.2, 0) is 14.8 Å². The van der Waals surface area contributed by atoms with Crippen molar-refractivity contribution in [2.75, 3.05) is 17.6 Å². The molecular weight excluding hydrogens is 268 g/mol. The SMILES string of the molecule is CCOC(=O)c1cc(C(C)N)ccc1NS(C)(=O)=O. The Labute approximate surface area is 113 Å². The molecule has 0 fully saturated rings. The number of nitrogens with two attached hydrogens (primary N) is 1. The number of esters is 1. The molecule has 1 unspecified atom stereocenters. The average Bonchev–Trinajstić information content (AvgIpc) is 2.27. The normalized spacial score (nSPS) is 12.8. The van der Waals surface area contributed by atoms with E-state index in [-0.39, 0.29) is 23.9 Å². The van der Waals surface area contributed by atoms with Crippen LogP contribution in [0, 0.1) is 0 Å². The van der Waals surface area contributed by atoms with Gasteiger partial charge in [-0.2, -0.15) is 0 Å². The minimum Gasteiger partial charge on any atom is -0.462 e. The Morgan fingerprint density at radius 3 is 2.58 bits per heavy atom. The summed E-state index contributed by atoms with van der Waals surface area (Å²) in [6, 6.07) is 4.45. The average molecular weight is 286 g/mol. The molecule has 0 amide bonds. The number of anilines is 1. The third-order valence-electron chi connectivity index (χ3n) is 2.36. The van der Waals surface area contributed by atoms with Crippen molar-refractivity contribution in [1.82, 2.24) is 0 Å². The molecular formula is C12H18N2O4S. The van der Waals surface area contributed by atoms with Gasteiger partial charge in [0.15, 0.2) is 0 Å². The summed E-state index contributed by atoms with van der Waals surface area (Å²) < 4.78 is 29.7. The van der Waals surface area contributed by atoms with Gasteiger partial charge >= 0.3 is 5.97 Å². The van der Waals surface area contributed by atoms with Crippen LogP contribution < -0.4 is 10.5 Å². The number of sulfonamides is 1. The highest BCUT2D eigenvalue weighted by Crippen LogP contribution is 2.22. The first-order chi connectivity index (χ1) is 8.74. The van der Waals surface area contributed by atoms with Gasteiger partial charge in [-0.15, -0.1) is 0 Å². The molecule has 0 radical (unpaired) electrons. The maximum absolute atomic E-state index is 11.8. The van der Waals surface area contributed by atoms with E-state index >= 15 is 0 Å². The quantitative estimate of drug-likeness (QED) is 0.794. The Morgan fingerprint density at radius 2 is 2.11 bits per heavy atom. The summed E-state index contributed by atoms with van der Waals surface area (Å²) in [5.41, 5.74) is 6.81. The highest BCUT2D eigenvalue weighted by atomic mass is 32.2. The molecule has 3 N–H and O–H groups in total. The van der Waals surface area contributed by atoms with Crippen molar-refractivity contribution in [1.29, 1.82) is 0 Å². The second-order valence-electron chi connectivity index (χ2n) is 4.19. The van der Waals surface area contributed by atoms with Crippen molar-refractivity contribution in [2.24, 2.45) is 5.73 Å². The maximum Gasteiger partial charge on any atom is 0.340 e. The van der Waals surface area contributed by atoms with E-state index in [0.29, 0.717) is 0 Å². The summed E-state index contributed by atoms with van der Waals surface area (Å²) >= 11 is 0. The second kappa shape index (κ2) is 6.03. The van der Waals surface area contributed by atoms with E-state index in [9.17, 15) is 13.2 Å². The molecule has 106 valence electrons. The van der Waals surface area contributed by atoms with Crippen LogP contribution >= 0.6 is 0 Å². The molecule has 0 aliphatic rings. The van der Waals surface area contributed by atoms with Crippen molar-refractivity contribution in [2.45, 2.75) is 19.9 Å². The van der Waals surface area contributed by atoms with Gasteiger partial charge in [0, 0.05) is 6.04 Å². The van der Waals surface area contributed by atoms with Gasteiger partial charge in [-0.3, -0.25) is 4.72 Å². The largest absolute Gasteiger partial charge is 0.462 e. The minimum atomic E-state index is -3.47. The Kier molecular flexibility index (Phi) is 4.90. The third kappa shape index (κ3) is 4.53. The van der Waals surface area contributed by atoms with Gasteiger partial charge in [-0.05, 0) is 31.5 Å². The first-order valence-electron chi connectivity index (χ1n) is 5.79. The second-order valence-corrected chi connectivity index (χ2v) is 5.94. The molecule has 0 aromatic heterocycles. The van der Waals surface area contributed by atoms with Crippen LogP contribution in [0.1, 0.15) is 35.8 Å². The van der Waals surface area contributed by atoms with Crippen LogP contribution in [0.5, 0.6) is 0 Å². The molecule has 0 aliphatic carbocycles. The van der Waals surface area contributed by atoms with Crippen LogP contribution in [0.3, 0.4) is 0 Å². The summed E-state index contributed by atoms with van der Waals surface area (Å²) in [5.74, 6) is -0.587. The number of nitrogens with one attached hydrogen (secondary N) is 1. The lowest BCUT2D eigenvalue weighted by molar-refractivity contribution is 0.0527. The standard InChI is InChI=1S/C12H18N2O4S/c1-4-18-12(15)10-7-9(8(2)13)5-6-11(10)14-19(3,16)17/h5-8,14H,4,13H2,1-3H3. The Balaban J connectivity index is 3.26. The lowest BCUT2D eigenvalue weighted by atomic mass is 10.0. The Bertz CT molecular complexity index is 567. The molecule has 7 heteroatoms. The summed E-state index contributed by atoms with van der Waals surface area (Å²) in [7, 11) is -3.47. The van der Waals surface area contributed by atoms with Gasteiger partial charge in [0.1, 0.15) is 0 Å². The van der Waals surface area contributed by atoms with Gasteiger partial charge in [0.25, 0.3) is 0 Å². The third-order valence-corrected chi connectivity index (χ3v) is 2.95. The Morgan fingerprint density at radius 1 is 1.47 bits per heavy atom. The van der Waals surface area contributed by atoms with E-state index in [1.54, 1.807) is 19.9 Å². The van der Waals surface area contributed by atoms with Crippen molar-refractivity contribution in [3.8, 4) is 0 Å². The zero-order valence-corrected chi connectivity index (χ0v) is 12.0. The van der Waals surface area contributed by atoms with E-state index in [2.05, 4.69) is 4.72 Å². The summed E-state index contributed by atoms with van der Waals surface area (Å²) in [6.45, 7) is 3.66. The Hall–Kier alpha value is -1.60. The van der Waals surface area contributed by atoms with Gasteiger partial charge < -0.3 is 10.5 Å². The molecule has 0 spiro atoms. The highest BCUT2D eigenvalue weighted by Gasteiger charge is 2.16. The first-order valence-corrected chi connectivity index (χ1v) is 7.68. The number of hydrogen-bond donors (Lipinski definition) is 2. The van der Waals surface area contributed by atoms with E-state index < -0.39 is 16.0 Å². The summed E-state index contributed by atoms with van der Waals surface area (Å²) in [5, 5.41) is 0. The van der Waals surface area contributed by atoms with Gasteiger partial charge in [0.2, 0.25) is 10.0 Å². The minimum absolute atomic E-state index is 0.155. The van der Waals surface area contributed by atoms with Crippen LogP contribution in [-0.4, -0.2) is 27.2 Å². The number of ether oxygens (including phenoxy) is 1. The fourth-order valence-corrected chi connectivity index (χ4v) is 2.09. The molecule has 19 heavy (non-hydrogen) atoms. The van der Waals surface area contributed by atoms with Crippen LogP contribution in [0.4, 0.5) is 5.69 Å². The molecule has 0 aliphatic heterocycles. The number of carbonyl (C=O) groups is 1. The summed E-state index contributed by atoms with van der Waals surface area (Å²) in [6.07, 6.45) is 1.02. The monoisotopic (exact) mass is 286 g/mol. The molecule has 6 nitrogen and oxygen atoms in total. The zero-order chi connectivity index (χ0) is 14.6. The first kappa shape index (κ1) is 15.5. The number of rotatable bonds is 5. The zero-order valence-electron chi connectivity index (χ0n) is 11.1. The molecule has 0 heterocycles. The molecule has 1 aromatic carbocycles. The lowest BCUT2D eigenvalue weighted by Gasteiger charge is -2.13. The highest BCUT2D eigenvalue weighted by molar-refractivity contribution is 7.92. The molecule has 1 rings (SSSR count). The molecule has 1 atom stereocenters. The molecule has 0 saturated heterocycles. The number of hydrogen-bond acceptors (Lipinski definition) is 5. The fourth-order valence-electron chi connectivity index (χ4n) is 1.51. The maximum atomic E-state index is 11.8. The van der Waals surface area contributed by atoms with Crippen molar-refractivity contribution < 1.29 is 17.9 Å². The van der Waals surface area contributed by atoms with Crippen LogP contribution in [0.2, 0.25) is 0 Å². The number of carbonyl (C=O) groups excluding carboxylic acids is 1. The van der Waals surface area contributed by atoms with E-state index in [1.807, 2.05) is 0 Å². The molecule has 1 aromatic rings. The van der Waals surface area contributed by atoms with E-state index in [1.165, 1.54) is 12.1 Å². The van der Waals surface area contributed by atoms with Crippen molar-refractivity contribution in [3.63, 3.8) is 0 Å². The number of benzene rings is 1. The molecule has 0 bridgehead atoms. The van der Waals surface area contributed by atoms with Gasteiger partial charge in [0.05, 0.1) is 24.1 Å². The predicted molar refractivity (Wildman–Crippen MR) is 73.5 cm³/mol. The topological polar surface area (TPSA) is 98.5 Å². The predicted octanol–water partition coefficient (Wildman–Crippen LogP) is 1.25. The van der Waals surface area contributed by atoms with E-state index in [4.69, 9.17) is 10.5 Å². The van der Waals surface area contributed by atoms with Crippen molar-refractivity contribution >= 4 is 21.7 Å². The molecule has 0 saturated carbocycles. The summed E-state index contributed by atoms with van der Waals surface area (Å²) in [4.78, 5) is 11.8. The van der Waals surface area contributed by atoms with Gasteiger partial charge in [-0.25, -0.2) is 13.2 Å². The van der Waals surface area contributed by atoms with Crippen LogP contribution in [0.25, 0.3) is 0 Å². The van der Waals surface area contributed by atoms with Crippen LogP contribution in [0.15, 0.2) is 18.2 Å². The fraction of sp³-hybridized carbons (Fsp3) is 0.417. The van der Waals surface area contributed by atoms with Crippen molar-refractivity contribution in [3.05, 3.63) is 29.3 Å². The van der Waals surface area contributed by atoms with E-state index in [0.717, 1.165) is 11.8 Å². The van der Waals surface area contributed by atoms with Gasteiger partial charge in [-0.1, -0.05) is 6.07 Å². The lowest BCUT2D eigenvalue weighted by Crippen LogP contribution is -2.16. The smallest absolute Gasteiger partial charge is 0.340 e.